The number of carbonyl (C=O) groups is 5. The Hall–Kier alpha value is -5.13. The van der Waals surface area contributed by atoms with Gasteiger partial charge in [-0.05, 0) is 128 Å². The summed E-state index contributed by atoms with van der Waals surface area (Å²) in [6.07, 6.45) is 7.25. The minimum Gasteiger partial charge on any atom is -0.489 e. The minimum absolute atomic E-state index is 0.0709. The number of ketones is 1. The Morgan fingerprint density at radius 2 is 1.71 bits per heavy atom. The van der Waals surface area contributed by atoms with Crippen LogP contribution >= 0.6 is 11.6 Å². The molecule has 4 amide bonds. The molecular formula is C47H61ClN8O8S. The number of likely N-dealkylation sites (tertiary alicyclic amines) is 2. The normalized spacial score (nSPS) is 21.0. The predicted molar refractivity (Wildman–Crippen MR) is 250 cm³/mol. The monoisotopic (exact) mass is 932 g/mol. The largest absolute Gasteiger partial charge is 0.489 e. The highest BCUT2D eigenvalue weighted by Crippen LogP contribution is 2.39. The molecule has 1 aromatic heterocycles. The van der Waals surface area contributed by atoms with Gasteiger partial charge in [0.25, 0.3) is 17.7 Å². The van der Waals surface area contributed by atoms with Crippen LogP contribution in [0.5, 0.6) is 5.75 Å². The van der Waals surface area contributed by atoms with Gasteiger partial charge in [-0.15, -0.1) is 0 Å². The highest BCUT2D eigenvalue weighted by molar-refractivity contribution is 7.92. The van der Waals surface area contributed by atoms with Crippen LogP contribution in [-0.2, 0) is 24.2 Å². The van der Waals surface area contributed by atoms with E-state index in [4.69, 9.17) is 21.3 Å². The number of aryl methyl sites for hydroxylation is 1. The summed E-state index contributed by atoms with van der Waals surface area (Å²) in [6.45, 7) is 11.7. The molecule has 3 unspecified atom stereocenters. The maximum Gasteiger partial charge on any atom is 0.264 e. The van der Waals surface area contributed by atoms with E-state index in [0.717, 1.165) is 54.1 Å². The molecule has 3 fully saturated rings. The van der Waals surface area contributed by atoms with Crippen LogP contribution in [0.2, 0.25) is 5.02 Å². The Labute approximate surface area is 386 Å². The van der Waals surface area contributed by atoms with Gasteiger partial charge >= 0.3 is 0 Å². The van der Waals surface area contributed by atoms with Gasteiger partial charge in [0.15, 0.2) is 15.7 Å². The predicted octanol–water partition coefficient (Wildman–Crippen LogP) is 6.90. The van der Waals surface area contributed by atoms with E-state index >= 15 is 0 Å². The number of ether oxygens (including phenoxy) is 1. The van der Waals surface area contributed by atoms with Gasteiger partial charge in [-0.1, -0.05) is 30.5 Å². The first-order chi connectivity index (χ1) is 30.9. The van der Waals surface area contributed by atoms with Crippen LogP contribution in [0.4, 0.5) is 23.1 Å². The van der Waals surface area contributed by atoms with Gasteiger partial charge in [0.1, 0.15) is 22.6 Å². The number of amides is 4. The molecule has 350 valence electrons. The number of nitrogens with one attached hydrogen (secondary N) is 3. The van der Waals surface area contributed by atoms with Gasteiger partial charge in [0, 0.05) is 38.2 Å². The van der Waals surface area contributed by atoms with E-state index in [9.17, 15) is 32.4 Å². The topological polar surface area (TPSA) is 200 Å². The SMILES string of the molecule is Cc1cc(Nc2ncc(Cl)c(NC3CCCCC3S(=O)(=O)C(C)C)n2)c(OC(C)C)cc1C1CCN(CC(=O)CCCNc2cccc3c2C(=O)N(C2CCC(=O)N(C)C2=O)C3=O)CC1. The standard InChI is InChI=1S/C47H61ClN8O8S/c1-27(2)64-39-24-33(29(5)23-37(39)52-47-50-25-34(48)43(53-47)51-35-13-7-8-15-40(35)65(62,63)28(3)4)30-18-21-55(22-19-30)26-31(57)11-10-20-49-36-14-9-12-32-42(36)46(61)56(44(32)59)38-16-17-41(58)54(6)45(38)60/h9,12,14,23-25,27-28,30,35,38,40,49H,7-8,10-11,13,15-22,26H2,1-6H3,(H2,50,51,52,53). The van der Waals surface area contributed by atoms with Gasteiger partial charge < -0.3 is 20.7 Å². The quantitative estimate of drug-likeness (QED) is 0.0933. The minimum atomic E-state index is -3.34. The zero-order valence-corrected chi connectivity index (χ0v) is 39.7. The van der Waals surface area contributed by atoms with E-state index in [1.165, 1.54) is 18.8 Å². The molecule has 3 atom stereocenters. The lowest BCUT2D eigenvalue weighted by Crippen LogP contribution is -2.54. The molecule has 1 aliphatic carbocycles. The lowest BCUT2D eigenvalue weighted by molar-refractivity contribution is -0.149. The number of likely N-dealkylation sites (N-methyl/N-ethyl adjacent to an activating group) is 1. The molecule has 16 nitrogen and oxygen atoms in total. The molecule has 18 heteroatoms. The highest BCUT2D eigenvalue weighted by atomic mass is 35.5. The van der Waals surface area contributed by atoms with Gasteiger partial charge in [-0.25, -0.2) is 13.4 Å². The van der Waals surface area contributed by atoms with Crippen LogP contribution < -0.4 is 20.7 Å². The van der Waals surface area contributed by atoms with Crippen molar-refractivity contribution >= 4 is 74.0 Å². The Bertz CT molecular complexity index is 2440. The van der Waals surface area contributed by atoms with E-state index in [1.54, 1.807) is 32.0 Å². The number of sulfone groups is 1. The number of carbonyl (C=O) groups excluding carboxylic acids is 5. The molecule has 0 radical (unpaired) electrons. The summed E-state index contributed by atoms with van der Waals surface area (Å²) in [6, 6.07) is 7.74. The Balaban J connectivity index is 0.920. The zero-order chi connectivity index (χ0) is 46.7. The van der Waals surface area contributed by atoms with Crippen LogP contribution in [0.3, 0.4) is 0 Å². The number of benzene rings is 2. The number of nitrogens with zero attached hydrogens (tertiary/aromatic N) is 5. The first kappa shape index (κ1) is 47.8. The summed E-state index contributed by atoms with van der Waals surface area (Å²) in [7, 11) is -1.98. The van der Waals surface area contributed by atoms with Crippen molar-refractivity contribution in [1.29, 1.82) is 0 Å². The first-order valence-electron chi connectivity index (χ1n) is 22.8. The summed E-state index contributed by atoms with van der Waals surface area (Å²) in [5.41, 5.74) is 3.84. The number of hydrogen-bond acceptors (Lipinski definition) is 14. The molecule has 65 heavy (non-hydrogen) atoms. The molecule has 7 rings (SSSR count). The first-order valence-corrected chi connectivity index (χ1v) is 24.8. The highest BCUT2D eigenvalue weighted by Gasteiger charge is 2.47. The van der Waals surface area contributed by atoms with Crippen molar-refractivity contribution in [3.63, 3.8) is 0 Å². The molecule has 3 N–H and O–H groups in total. The Kier molecular flexibility index (Phi) is 14.8. The molecule has 1 saturated carbocycles. The van der Waals surface area contributed by atoms with Crippen molar-refractivity contribution in [2.24, 2.45) is 0 Å². The number of fused-ring (bicyclic) bond motifs is 1. The Morgan fingerprint density at radius 1 is 0.969 bits per heavy atom. The lowest BCUT2D eigenvalue weighted by atomic mass is 9.86. The van der Waals surface area contributed by atoms with Crippen LogP contribution in [0.15, 0.2) is 36.5 Å². The number of anilines is 4. The van der Waals surface area contributed by atoms with Crippen molar-refractivity contribution < 1.29 is 37.1 Å². The molecule has 4 heterocycles. The number of hydrogen-bond donors (Lipinski definition) is 3. The van der Waals surface area contributed by atoms with Crippen molar-refractivity contribution in [2.75, 3.05) is 49.2 Å². The molecule has 3 aliphatic heterocycles. The summed E-state index contributed by atoms with van der Waals surface area (Å²) in [4.78, 5) is 78.1. The summed E-state index contributed by atoms with van der Waals surface area (Å²) >= 11 is 6.57. The van der Waals surface area contributed by atoms with Gasteiger partial charge in [0.05, 0.1) is 46.2 Å². The maximum absolute atomic E-state index is 13.5. The van der Waals surface area contributed by atoms with Gasteiger partial charge in [0.2, 0.25) is 11.9 Å². The Morgan fingerprint density at radius 3 is 2.43 bits per heavy atom. The number of imide groups is 2. The fraction of sp³-hybridized carbons (Fsp3) is 0.553. The van der Waals surface area contributed by atoms with Crippen LogP contribution in [-0.4, -0.2) is 124 Å². The van der Waals surface area contributed by atoms with E-state index in [2.05, 4.69) is 38.8 Å². The second-order valence-corrected chi connectivity index (χ2v) is 21.4. The molecular weight excluding hydrogens is 872 g/mol. The molecule has 3 aromatic rings. The molecule has 2 saturated heterocycles. The third-order valence-corrected chi connectivity index (χ3v) is 16.1. The van der Waals surface area contributed by atoms with Gasteiger partial charge in [-0.2, -0.15) is 4.98 Å². The van der Waals surface area contributed by atoms with E-state index in [-0.39, 0.29) is 53.7 Å². The van der Waals surface area contributed by atoms with Crippen molar-refractivity contribution in [3.8, 4) is 5.75 Å². The third kappa shape index (κ3) is 10.5. The lowest BCUT2D eigenvalue weighted by Gasteiger charge is -2.33. The third-order valence-electron chi connectivity index (χ3n) is 13.1. The number of halogens is 1. The van der Waals surface area contributed by atoms with E-state index in [0.29, 0.717) is 72.7 Å². The summed E-state index contributed by atoms with van der Waals surface area (Å²) in [5.74, 6) is -0.303. The molecule has 0 bridgehead atoms. The number of aromatic nitrogens is 2. The molecule has 2 aromatic carbocycles. The van der Waals surface area contributed by atoms with Crippen molar-refractivity contribution in [1.82, 2.24) is 24.7 Å². The average molecular weight is 934 g/mol. The maximum atomic E-state index is 13.5. The van der Waals surface area contributed by atoms with Crippen molar-refractivity contribution in [3.05, 3.63) is 63.8 Å². The molecule has 4 aliphatic rings. The fourth-order valence-electron chi connectivity index (χ4n) is 9.53. The average Bonchev–Trinajstić information content (AvgIpc) is 3.52. The number of piperidine rings is 2. The van der Waals surface area contributed by atoms with Gasteiger partial charge in [-0.3, -0.25) is 38.7 Å². The van der Waals surface area contributed by atoms with Crippen LogP contribution in [0.25, 0.3) is 0 Å². The number of Topliss-reactive ketones (excluding diaryl/α,β-unsaturated/α-hetero) is 1. The summed E-state index contributed by atoms with van der Waals surface area (Å²) in [5, 5.41) is 9.23. The smallest absolute Gasteiger partial charge is 0.264 e. The van der Waals surface area contributed by atoms with Crippen LogP contribution in [0, 0.1) is 6.92 Å². The number of rotatable bonds is 17. The zero-order valence-electron chi connectivity index (χ0n) is 38.1. The molecule has 0 spiro atoms. The van der Waals surface area contributed by atoms with Crippen LogP contribution in [0.1, 0.15) is 130 Å². The summed E-state index contributed by atoms with van der Waals surface area (Å²) < 4.78 is 32.8. The second kappa shape index (κ2) is 20.2. The second-order valence-electron chi connectivity index (χ2n) is 18.3. The van der Waals surface area contributed by atoms with E-state index < -0.39 is 44.1 Å². The van der Waals surface area contributed by atoms with Crippen molar-refractivity contribution in [2.45, 2.75) is 133 Å². The fourth-order valence-corrected chi connectivity index (χ4v) is 11.5. The van der Waals surface area contributed by atoms with E-state index in [1.807, 2.05) is 19.9 Å².